The summed E-state index contributed by atoms with van der Waals surface area (Å²) < 4.78 is 13.5. The highest BCUT2D eigenvalue weighted by Crippen LogP contribution is 2.23. The van der Waals surface area contributed by atoms with Crippen LogP contribution in [0.5, 0.6) is 0 Å². The lowest BCUT2D eigenvalue weighted by molar-refractivity contribution is -0.385. The molecule has 0 unspecified atom stereocenters. The normalized spacial score (nSPS) is 10.2. The van der Waals surface area contributed by atoms with E-state index in [1.807, 2.05) is 0 Å². The molecule has 3 N–H and O–H groups in total. The summed E-state index contributed by atoms with van der Waals surface area (Å²) >= 11 is 5.70. The number of carbonyl (C=O) groups excluding carboxylic acids is 1. The summed E-state index contributed by atoms with van der Waals surface area (Å²) in [5.41, 5.74) is 4.34. The van der Waals surface area contributed by atoms with E-state index in [0.29, 0.717) is 0 Å². The van der Waals surface area contributed by atoms with Crippen LogP contribution in [-0.2, 0) is 0 Å². The third-order valence-electron chi connectivity index (χ3n) is 2.52. The number of hydrogen-bond donors (Lipinski definition) is 2. The van der Waals surface area contributed by atoms with Crippen molar-refractivity contribution in [3.05, 3.63) is 57.0 Å². The number of pyridine rings is 1. The van der Waals surface area contributed by atoms with E-state index in [9.17, 15) is 19.3 Å². The second kappa shape index (κ2) is 5.71. The Balaban J connectivity index is 2.39. The second-order valence-corrected chi connectivity index (χ2v) is 4.40. The first kappa shape index (κ1) is 14.7. The number of nitrogens with two attached hydrogens (primary N) is 1. The Morgan fingerprint density at radius 1 is 1.43 bits per heavy atom. The Hall–Kier alpha value is -2.74. The quantitative estimate of drug-likeness (QED) is 0.668. The number of benzene rings is 1. The summed E-state index contributed by atoms with van der Waals surface area (Å²) in [6.45, 7) is 0. The maximum Gasteiger partial charge on any atom is 0.300 e. The smallest absolute Gasteiger partial charge is 0.300 e. The van der Waals surface area contributed by atoms with E-state index in [0.717, 1.165) is 18.3 Å². The minimum absolute atomic E-state index is 0.0719. The predicted octanol–water partition coefficient (Wildman–Crippen LogP) is 2.62. The average molecular weight is 311 g/mol. The van der Waals surface area contributed by atoms with E-state index in [-0.39, 0.29) is 22.1 Å². The van der Waals surface area contributed by atoms with Gasteiger partial charge in [-0.1, -0.05) is 11.6 Å². The van der Waals surface area contributed by atoms with Gasteiger partial charge in [0.05, 0.1) is 10.6 Å². The molecule has 1 aromatic heterocycles. The molecule has 9 heteroatoms. The summed E-state index contributed by atoms with van der Waals surface area (Å²) in [5, 5.41) is 13.3. The Morgan fingerprint density at radius 2 is 2.14 bits per heavy atom. The molecule has 108 valence electrons. The van der Waals surface area contributed by atoms with Crippen molar-refractivity contribution in [1.82, 2.24) is 4.98 Å². The van der Waals surface area contributed by atoms with Gasteiger partial charge in [-0.25, -0.2) is 9.37 Å². The van der Waals surface area contributed by atoms with Crippen LogP contribution in [0.3, 0.4) is 0 Å². The molecule has 0 bridgehead atoms. The van der Waals surface area contributed by atoms with E-state index >= 15 is 0 Å². The molecule has 1 amide bonds. The number of rotatable bonds is 3. The van der Waals surface area contributed by atoms with Crippen molar-refractivity contribution in [3.8, 4) is 0 Å². The molecule has 2 aromatic rings. The number of nitrogen functional groups attached to an aromatic ring is 1. The van der Waals surface area contributed by atoms with Crippen molar-refractivity contribution in [2.45, 2.75) is 0 Å². The molecule has 2 rings (SSSR count). The fraction of sp³-hybridized carbons (Fsp3) is 0. The van der Waals surface area contributed by atoms with Gasteiger partial charge in [-0.05, 0) is 24.3 Å². The molecule has 0 saturated carbocycles. The molecule has 1 heterocycles. The van der Waals surface area contributed by atoms with Crippen LogP contribution in [0.4, 0.5) is 21.6 Å². The molecule has 0 saturated heterocycles. The Kier molecular flexibility index (Phi) is 3.99. The summed E-state index contributed by atoms with van der Waals surface area (Å²) in [7, 11) is 0. The van der Waals surface area contributed by atoms with Crippen LogP contribution < -0.4 is 11.1 Å². The molecule has 0 fully saturated rings. The van der Waals surface area contributed by atoms with Crippen LogP contribution in [0.1, 0.15) is 10.4 Å². The number of anilines is 2. The summed E-state index contributed by atoms with van der Waals surface area (Å²) in [6.07, 6.45) is 0.860. The molecule has 0 radical (unpaired) electrons. The Labute approximate surface area is 122 Å². The SMILES string of the molecule is Nc1cc(C(=O)Nc2cc(Cl)ccc2F)c([N+](=O)[O-])cn1. The van der Waals surface area contributed by atoms with Gasteiger partial charge >= 0.3 is 0 Å². The van der Waals surface area contributed by atoms with Crippen molar-refractivity contribution in [2.24, 2.45) is 0 Å². The number of carbonyl (C=O) groups is 1. The first-order chi connectivity index (χ1) is 9.88. The standard InChI is InChI=1S/C12H8ClFN4O3/c13-6-1-2-8(14)9(3-6)17-12(19)7-4-11(15)16-5-10(7)18(20)21/h1-5H,(H2,15,16)(H,17,19). The van der Waals surface area contributed by atoms with Gasteiger partial charge in [0.2, 0.25) is 0 Å². The summed E-state index contributed by atoms with van der Waals surface area (Å²) in [4.78, 5) is 25.7. The number of nitro groups is 1. The highest BCUT2D eigenvalue weighted by Gasteiger charge is 2.22. The van der Waals surface area contributed by atoms with Crippen LogP contribution in [0.15, 0.2) is 30.5 Å². The fourth-order valence-electron chi connectivity index (χ4n) is 1.57. The zero-order valence-electron chi connectivity index (χ0n) is 10.3. The van der Waals surface area contributed by atoms with E-state index in [1.165, 1.54) is 12.1 Å². The number of nitrogens with zero attached hydrogens (tertiary/aromatic N) is 2. The molecule has 0 spiro atoms. The minimum atomic E-state index is -0.892. The van der Waals surface area contributed by atoms with Gasteiger partial charge < -0.3 is 11.1 Å². The lowest BCUT2D eigenvalue weighted by Gasteiger charge is -2.07. The monoisotopic (exact) mass is 310 g/mol. The minimum Gasteiger partial charge on any atom is -0.384 e. The van der Waals surface area contributed by atoms with Crippen LogP contribution >= 0.6 is 11.6 Å². The Bertz CT molecular complexity index is 738. The predicted molar refractivity (Wildman–Crippen MR) is 74.7 cm³/mol. The number of aromatic nitrogens is 1. The van der Waals surface area contributed by atoms with Gasteiger partial charge in [-0.2, -0.15) is 0 Å². The van der Waals surface area contributed by atoms with Gasteiger partial charge in [-0.15, -0.1) is 0 Å². The maximum atomic E-state index is 13.5. The molecule has 0 atom stereocenters. The molecule has 1 aromatic carbocycles. The van der Waals surface area contributed by atoms with Crippen LogP contribution in [0.25, 0.3) is 0 Å². The Morgan fingerprint density at radius 3 is 2.81 bits per heavy atom. The third kappa shape index (κ3) is 3.23. The number of amides is 1. The number of halogens is 2. The topological polar surface area (TPSA) is 111 Å². The van der Waals surface area contributed by atoms with Crippen molar-refractivity contribution in [1.29, 1.82) is 0 Å². The van der Waals surface area contributed by atoms with Gasteiger partial charge in [0, 0.05) is 5.02 Å². The van der Waals surface area contributed by atoms with Crippen molar-refractivity contribution < 1.29 is 14.1 Å². The number of nitrogens with one attached hydrogen (secondary N) is 1. The van der Waals surface area contributed by atoms with Gasteiger partial charge in [0.15, 0.2) is 0 Å². The molecular formula is C12H8ClFN4O3. The largest absolute Gasteiger partial charge is 0.384 e. The number of hydrogen-bond acceptors (Lipinski definition) is 5. The van der Waals surface area contributed by atoms with E-state index in [1.54, 1.807) is 0 Å². The summed E-state index contributed by atoms with van der Waals surface area (Å²) in [5.74, 6) is -1.69. The first-order valence-corrected chi connectivity index (χ1v) is 5.92. The van der Waals surface area contributed by atoms with Gasteiger partial charge in [0.1, 0.15) is 23.4 Å². The zero-order valence-corrected chi connectivity index (χ0v) is 11.1. The van der Waals surface area contributed by atoms with Crippen LogP contribution in [-0.4, -0.2) is 15.8 Å². The molecule has 21 heavy (non-hydrogen) atoms. The molecular weight excluding hydrogens is 303 g/mol. The molecule has 7 nitrogen and oxygen atoms in total. The van der Waals surface area contributed by atoms with E-state index in [2.05, 4.69) is 10.3 Å². The lowest BCUT2D eigenvalue weighted by atomic mass is 10.2. The summed E-state index contributed by atoms with van der Waals surface area (Å²) in [6, 6.07) is 4.59. The van der Waals surface area contributed by atoms with Gasteiger partial charge in [-0.3, -0.25) is 14.9 Å². The van der Waals surface area contributed by atoms with Crippen LogP contribution in [0.2, 0.25) is 5.02 Å². The van der Waals surface area contributed by atoms with E-state index in [4.69, 9.17) is 17.3 Å². The average Bonchev–Trinajstić information content (AvgIpc) is 2.42. The van der Waals surface area contributed by atoms with Gasteiger partial charge in [0.25, 0.3) is 11.6 Å². The van der Waals surface area contributed by atoms with E-state index < -0.39 is 22.3 Å². The highest BCUT2D eigenvalue weighted by atomic mass is 35.5. The molecule has 0 aliphatic heterocycles. The third-order valence-corrected chi connectivity index (χ3v) is 2.76. The maximum absolute atomic E-state index is 13.5. The zero-order chi connectivity index (χ0) is 15.6. The van der Waals surface area contributed by atoms with Crippen molar-refractivity contribution in [3.63, 3.8) is 0 Å². The highest BCUT2D eigenvalue weighted by molar-refractivity contribution is 6.31. The lowest BCUT2D eigenvalue weighted by Crippen LogP contribution is -2.15. The fourth-order valence-corrected chi connectivity index (χ4v) is 1.75. The molecule has 0 aliphatic rings. The van der Waals surface area contributed by atoms with Crippen molar-refractivity contribution >= 4 is 34.7 Å². The first-order valence-electron chi connectivity index (χ1n) is 5.55. The van der Waals surface area contributed by atoms with Crippen molar-refractivity contribution in [2.75, 3.05) is 11.1 Å². The second-order valence-electron chi connectivity index (χ2n) is 3.96. The molecule has 0 aliphatic carbocycles. The van der Waals surface area contributed by atoms with Crippen LogP contribution in [0, 0.1) is 15.9 Å².